The van der Waals surface area contributed by atoms with E-state index in [0.717, 1.165) is 4.90 Å². The van der Waals surface area contributed by atoms with Crippen molar-refractivity contribution < 1.29 is 19.4 Å². The first-order chi connectivity index (χ1) is 14.1. The highest BCUT2D eigenvalue weighted by Gasteiger charge is 2.50. The number of ketones is 2. The number of rotatable bonds is 2. The Bertz CT molecular complexity index is 1230. The molecule has 0 aromatic heterocycles. The van der Waals surface area contributed by atoms with E-state index in [4.69, 9.17) is 4.74 Å². The first-order valence-electron chi connectivity index (χ1n) is 9.13. The van der Waals surface area contributed by atoms with Crippen LogP contribution >= 0.6 is 11.8 Å². The Morgan fingerprint density at radius 2 is 1.55 bits per heavy atom. The highest BCUT2D eigenvalue weighted by Crippen LogP contribution is 2.53. The van der Waals surface area contributed by atoms with E-state index in [2.05, 4.69) is 0 Å². The van der Waals surface area contributed by atoms with E-state index >= 15 is 0 Å². The number of aliphatic hydroxyl groups is 1. The van der Waals surface area contributed by atoms with Crippen LogP contribution in [0.4, 0.5) is 0 Å². The van der Waals surface area contributed by atoms with Crippen LogP contribution in [0.2, 0.25) is 0 Å². The molecule has 0 saturated carbocycles. The maximum atomic E-state index is 13.5. The molecular weight excluding hydrogens is 384 g/mol. The molecule has 1 atom stereocenters. The van der Waals surface area contributed by atoms with Gasteiger partial charge in [0.15, 0.2) is 5.78 Å². The lowest BCUT2D eigenvalue weighted by Gasteiger charge is -2.39. The normalized spacial score (nSPS) is 20.1. The summed E-state index contributed by atoms with van der Waals surface area (Å²) in [7, 11) is 1.55. The van der Waals surface area contributed by atoms with E-state index < -0.39 is 5.60 Å². The van der Waals surface area contributed by atoms with Gasteiger partial charge in [-0.15, -0.1) is 0 Å². The summed E-state index contributed by atoms with van der Waals surface area (Å²) in [4.78, 5) is 27.8. The van der Waals surface area contributed by atoms with Crippen molar-refractivity contribution in [2.24, 2.45) is 0 Å². The SMILES string of the molecule is COc1cccc(C2(O)C3=C(Sc4ccccc42)C(=O)c2ccccc2C3=O)c1. The van der Waals surface area contributed by atoms with Crippen molar-refractivity contribution in [3.05, 3.63) is 106 Å². The minimum atomic E-state index is -1.76. The van der Waals surface area contributed by atoms with Gasteiger partial charge in [0.25, 0.3) is 0 Å². The molecule has 0 radical (unpaired) electrons. The van der Waals surface area contributed by atoms with Crippen LogP contribution in [-0.4, -0.2) is 23.8 Å². The van der Waals surface area contributed by atoms with E-state index in [1.807, 2.05) is 18.2 Å². The minimum Gasteiger partial charge on any atom is -0.497 e. The number of methoxy groups -OCH3 is 1. The fourth-order valence-electron chi connectivity index (χ4n) is 4.03. The second-order valence-corrected chi connectivity index (χ2v) is 8.00. The molecule has 142 valence electrons. The van der Waals surface area contributed by atoms with Gasteiger partial charge in [-0.3, -0.25) is 9.59 Å². The number of ether oxygens (including phenoxy) is 1. The van der Waals surface area contributed by atoms with E-state index in [0.29, 0.717) is 28.0 Å². The Balaban J connectivity index is 1.85. The van der Waals surface area contributed by atoms with Crippen molar-refractivity contribution in [3.8, 4) is 5.75 Å². The monoisotopic (exact) mass is 400 g/mol. The third-order valence-corrected chi connectivity index (χ3v) is 6.58. The molecule has 0 saturated heterocycles. The van der Waals surface area contributed by atoms with Crippen molar-refractivity contribution in [2.75, 3.05) is 7.11 Å². The van der Waals surface area contributed by atoms with Crippen molar-refractivity contribution in [2.45, 2.75) is 10.5 Å². The lowest BCUT2D eigenvalue weighted by Crippen LogP contribution is -2.40. The van der Waals surface area contributed by atoms with Crippen molar-refractivity contribution in [3.63, 3.8) is 0 Å². The molecule has 0 amide bonds. The number of hydrogen-bond acceptors (Lipinski definition) is 5. The van der Waals surface area contributed by atoms with Crippen molar-refractivity contribution >= 4 is 23.3 Å². The van der Waals surface area contributed by atoms with Crippen LogP contribution in [0.25, 0.3) is 0 Å². The molecule has 29 heavy (non-hydrogen) atoms. The quantitative estimate of drug-likeness (QED) is 0.692. The van der Waals surface area contributed by atoms with E-state index in [-0.39, 0.29) is 22.0 Å². The Morgan fingerprint density at radius 1 is 0.862 bits per heavy atom. The van der Waals surface area contributed by atoms with E-state index in [1.54, 1.807) is 61.7 Å². The number of hydrogen-bond donors (Lipinski definition) is 1. The summed E-state index contributed by atoms with van der Waals surface area (Å²) in [6.45, 7) is 0. The number of thioether (sulfide) groups is 1. The third kappa shape index (κ3) is 2.44. The zero-order valence-corrected chi connectivity index (χ0v) is 16.3. The lowest BCUT2D eigenvalue weighted by atomic mass is 9.73. The maximum Gasteiger partial charge on any atom is 0.201 e. The number of allylic oxidation sites excluding steroid dienone is 1. The number of benzene rings is 3. The molecule has 1 N–H and O–H groups in total. The lowest BCUT2D eigenvalue weighted by molar-refractivity contribution is 0.0820. The van der Waals surface area contributed by atoms with Gasteiger partial charge in [0.1, 0.15) is 11.4 Å². The molecule has 1 unspecified atom stereocenters. The first kappa shape index (κ1) is 17.9. The second-order valence-electron chi connectivity index (χ2n) is 6.95. The van der Waals surface area contributed by atoms with Crippen LogP contribution in [-0.2, 0) is 5.60 Å². The number of fused-ring (bicyclic) bond motifs is 2. The summed E-state index contributed by atoms with van der Waals surface area (Å²) < 4.78 is 5.33. The zero-order valence-electron chi connectivity index (χ0n) is 15.5. The summed E-state index contributed by atoms with van der Waals surface area (Å²) >= 11 is 1.24. The van der Waals surface area contributed by atoms with Crippen LogP contribution in [0, 0.1) is 0 Å². The van der Waals surface area contributed by atoms with Gasteiger partial charge in [-0.1, -0.05) is 66.4 Å². The summed E-state index contributed by atoms with van der Waals surface area (Å²) in [6.07, 6.45) is 0. The Labute approximate surface area is 171 Å². The first-order valence-corrected chi connectivity index (χ1v) is 9.95. The van der Waals surface area contributed by atoms with Crippen LogP contribution < -0.4 is 4.74 Å². The van der Waals surface area contributed by atoms with Gasteiger partial charge in [0.2, 0.25) is 5.78 Å². The standard InChI is InChI=1S/C24H16O4S/c1-28-15-8-6-7-14(13-15)24(27)18-11-4-5-12-19(18)29-23-20(24)21(25)16-9-2-3-10-17(16)22(23)26/h2-13,27H,1H3. The molecule has 0 spiro atoms. The number of carbonyl (C=O) groups is 2. The third-order valence-electron chi connectivity index (χ3n) is 5.41. The highest BCUT2D eigenvalue weighted by molar-refractivity contribution is 8.04. The van der Waals surface area contributed by atoms with E-state index in [1.165, 1.54) is 11.8 Å². The molecule has 0 bridgehead atoms. The highest BCUT2D eigenvalue weighted by atomic mass is 32.2. The molecule has 3 aromatic rings. The smallest absolute Gasteiger partial charge is 0.201 e. The molecule has 2 aliphatic rings. The number of carbonyl (C=O) groups excluding carboxylic acids is 2. The average Bonchev–Trinajstić information content (AvgIpc) is 2.77. The van der Waals surface area contributed by atoms with Crippen molar-refractivity contribution in [1.29, 1.82) is 0 Å². The molecule has 0 fully saturated rings. The zero-order chi connectivity index (χ0) is 20.2. The molecule has 1 aliphatic carbocycles. The largest absolute Gasteiger partial charge is 0.497 e. The van der Waals surface area contributed by atoms with Gasteiger partial charge in [-0.05, 0) is 23.8 Å². The molecule has 5 heteroatoms. The van der Waals surface area contributed by atoms with Gasteiger partial charge in [-0.25, -0.2) is 0 Å². The molecule has 5 rings (SSSR count). The Hall–Kier alpha value is -3.15. The second kappa shape index (κ2) is 6.44. The molecule has 4 nitrogen and oxygen atoms in total. The summed E-state index contributed by atoms with van der Waals surface area (Å²) in [5.41, 5.74) is 0.105. The van der Waals surface area contributed by atoms with Gasteiger partial charge in [0, 0.05) is 21.6 Å². The van der Waals surface area contributed by atoms with Crippen LogP contribution in [0.5, 0.6) is 5.75 Å². The fraction of sp³-hybridized carbons (Fsp3) is 0.0833. The number of Topliss-reactive ketones (excluding diaryl/α,β-unsaturated/α-hetero) is 2. The molecular formula is C24H16O4S. The predicted molar refractivity (Wildman–Crippen MR) is 110 cm³/mol. The fourth-order valence-corrected chi connectivity index (χ4v) is 5.26. The van der Waals surface area contributed by atoms with Crippen LogP contribution in [0.1, 0.15) is 31.8 Å². The topological polar surface area (TPSA) is 63.6 Å². The predicted octanol–water partition coefficient (Wildman–Crippen LogP) is 4.37. The van der Waals surface area contributed by atoms with E-state index in [9.17, 15) is 14.7 Å². The molecule has 3 aromatic carbocycles. The van der Waals surface area contributed by atoms with Gasteiger partial charge >= 0.3 is 0 Å². The van der Waals surface area contributed by atoms with Gasteiger partial charge in [-0.2, -0.15) is 0 Å². The average molecular weight is 400 g/mol. The van der Waals surface area contributed by atoms with Crippen molar-refractivity contribution in [1.82, 2.24) is 0 Å². The molecule has 1 aliphatic heterocycles. The van der Waals surface area contributed by atoms with Crippen LogP contribution in [0.15, 0.2) is 88.2 Å². The maximum absolute atomic E-state index is 13.5. The molecule has 1 heterocycles. The van der Waals surface area contributed by atoms with Gasteiger partial charge in [0.05, 0.1) is 17.6 Å². The summed E-state index contributed by atoms with van der Waals surface area (Å²) in [5, 5.41) is 12.1. The summed E-state index contributed by atoms with van der Waals surface area (Å²) in [6, 6.07) is 21.1. The Morgan fingerprint density at radius 3 is 2.31 bits per heavy atom. The Kier molecular flexibility index (Phi) is 3.98. The summed E-state index contributed by atoms with van der Waals surface area (Å²) in [5.74, 6) is -0.0117. The minimum absolute atomic E-state index is 0.109. The van der Waals surface area contributed by atoms with Crippen LogP contribution in [0.3, 0.4) is 0 Å². The van der Waals surface area contributed by atoms with Gasteiger partial charge < -0.3 is 9.84 Å².